The molecule has 0 spiro atoms. The third-order valence-electron chi connectivity index (χ3n) is 4.89. The first-order chi connectivity index (χ1) is 12.5. The van der Waals surface area contributed by atoms with Gasteiger partial charge >= 0.3 is 0 Å². The number of hydrogen-bond acceptors (Lipinski definition) is 5. The van der Waals surface area contributed by atoms with Crippen LogP contribution in [0.1, 0.15) is 19.3 Å². The fraction of sp³-hybridized carbons (Fsp3) is 0.611. The molecule has 0 atom stereocenters. The number of benzene rings is 1. The van der Waals surface area contributed by atoms with Gasteiger partial charge in [0.1, 0.15) is 0 Å². The van der Waals surface area contributed by atoms with Crippen molar-refractivity contribution in [2.45, 2.75) is 19.3 Å². The first kappa shape index (κ1) is 19.0. The fourth-order valence-electron chi connectivity index (χ4n) is 3.53. The number of hydrogen-bond donors (Lipinski definition) is 0. The van der Waals surface area contributed by atoms with Crippen molar-refractivity contribution in [1.29, 1.82) is 0 Å². The minimum absolute atomic E-state index is 0.0278. The van der Waals surface area contributed by atoms with E-state index >= 15 is 0 Å². The maximum absolute atomic E-state index is 12.5. The Morgan fingerprint density at radius 1 is 1.12 bits per heavy atom. The van der Waals surface area contributed by atoms with Gasteiger partial charge in [-0.3, -0.25) is 9.10 Å². The largest absolute Gasteiger partial charge is 0.378 e. The molecule has 2 saturated heterocycles. The highest BCUT2D eigenvalue weighted by Gasteiger charge is 2.25. The second-order valence-corrected chi connectivity index (χ2v) is 8.67. The van der Waals surface area contributed by atoms with Gasteiger partial charge < -0.3 is 14.5 Å². The summed E-state index contributed by atoms with van der Waals surface area (Å²) >= 11 is 0. The average molecular weight is 381 g/mol. The van der Waals surface area contributed by atoms with Crippen molar-refractivity contribution < 1.29 is 17.9 Å². The monoisotopic (exact) mass is 381 g/mol. The number of ether oxygens (including phenoxy) is 1. The summed E-state index contributed by atoms with van der Waals surface area (Å²) in [5.41, 5.74) is 1.50. The van der Waals surface area contributed by atoms with E-state index in [1.54, 1.807) is 0 Å². The molecule has 2 aliphatic heterocycles. The van der Waals surface area contributed by atoms with Crippen LogP contribution in [0.5, 0.6) is 0 Å². The Morgan fingerprint density at radius 3 is 2.42 bits per heavy atom. The molecule has 1 amide bonds. The van der Waals surface area contributed by atoms with Gasteiger partial charge in [0.15, 0.2) is 0 Å². The summed E-state index contributed by atoms with van der Waals surface area (Å²) in [5.74, 6) is 0.0278. The van der Waals surface area contributed by atoms with E-state index < -0.39 is 10.0 Å². The zero-order valence-corrected chi connectivity index (χ0v) is 16.1. The number of morpholine rings is 1. The standard InChI is InChI=1S/C18H27N3O4S/c1-26(23,24)21(11-8-18(22)20-9-4-5-10-20)17-7-3-2-6-16(17)19-12-14-25-15-13-19/h2-3,6-7H,4-5,8-15H2,1H3. The van der Waals surface area contributed by atoms with E-state index in [0.717, 1.165) is 44.7 Å². The Kier molecular flexibility index (Phi) is 6.03. The molecule has 0 bridgehead atoms. The smallest absolute Gasteiger partial charge is 0.232 e. The lowest BCUT2D eigenvalue weighted by molar-refractivity contribution is -0.129. The average Bonchev–Trinajstić information content (AvgIpc) is 3.16. The predicted octanol–water partition coefficient (Wildman–Crippen LogP) is 1.30. The Bertz CT molecular complexity index is 726. The summed E-state index contributed by atoms with van der Waals surface area (Å²) in [6.07, 6.45) is 3.46. The van der Waals surface area contributed by atoms with Gasteiger partial charge in [-0.15, -0.1) is 0 Å². The van der Waals surface area contributed by atoms with Crippen LogP contribution >= 0.6 is 0 Å². The number of sulfonamides is 1. The number of likely N-dealkylation sites (tertiary alicyclic amines) is 1. The Hall–Kier alpha value is -1.80. The number of carbonyl (C=O) groups is 1. The first-order valence-electron chi connectivity index (χ1n) is 9.14. The molecular formula is C18H27N3O4S. The molecule has 0 unspecified atom stereocenters. The first-order valence-corrected chi connectivity index (χ1v) is 11.0. The van der Waals surface area contributed by atoms with E-state index in [9.17, 15) is 13.2 Å². The molecule has 0 aromatic heterocycles. The number of rotatable bonds is 6. The molecule has 1 aromatic rings. The van der Waals surface area contributed by atoms with Gasteiger partial charge in [0.25, 0.3) is 0 Å². The lowest BCUT2D eigenvalue weighted by Gasteiger charge is -2.33. The quantitative estimate of drug-likeness (QED) is 0.743. The van der Waals surface area contributed by atoms with Crippen LogP contribution in [0.2, 0.25) is 0 Å². The second-order valence-electron chi connectivity index (χ2n) is 6.76. The van der Waals surface area contributed by atoms with Gasteiger partial charge in [0.2, 0.25) is 15.9 Å². The van der Waals surface area contributed by atoms with E-state index in [1.165, 1.54) is 10.6 Å². The molecule has 2 aliphatic rings. The molecule has 2 heterocycles. The van der Waals surface area contributed by atoms with Gasteiger partial charge in [-0.25, -0.2) is 8.42 Å². The highest BCUT2D eigenvalue weighted by Crippen LogP contribution is 2.31. The van der Waals surface area contributed by atoms with E-state index in [-0.39, 0.29) is 18.9 Å². The van der Waals surface area contributed by atoms with E-state index in [1.807, 2.05) is 29.2 Å². The number of anilines is 2. The SMILES string of the molecule is CS(=O)(=O)N(CCC(=O)N1CCCC1)c1ccccc1N1CCOCC1. The summed E-state index contributed by atoms with van der Waals surface area (Å²) in [4.78, 5) is 16.3. The molecule has 8 heteroatoms. The third-order valence-corrected chi connectivity index (χ3v) is 6.07. The molecule has 1 aromatic carbocycles. The van der Waals surface area contributed by atoms with Gasteiger partial charge in [0.05, 0.1) is 30.8 Å². The van der Waals surface area contributed by atoms with Crippen LogP contribution in [-0.4, -0.2) is 71.4 Å². The minimum Gasteiger partial charge on any atom is -0.378 e. The molecule has 26 heavy (non-hydrogen) atoms. The summed E-state index contributed by atoms with van der Waals surface area (Å²) < 4.78 is 31.7. The van der Waals surface area contributed by atoms with Crippen molar-refractivity contribution in [3.8, 4) is 0 Å². The van der Waals surface area contributed by atoms with Gasteiger partial charge in [-0.1, -0.05) is 12.1 Å². The highest BCUT2D eigenvalue weighted by atomic mass is 32.2. The van der Waals surface area contributed by atoms with Gasteiger partial charge in [0, 0.05) is 39.1 Å². The third kappa shape index (κ3) is 4.48. The van der Waals surface area contributed by atoms with Crippen molar-refractivity contribution in [1.82, 2.24) is 4.90 Å². The Balaban J connectivity index is 1.80. The van der Waals surface area contributed by atoms with Crippen LogP contribution < -0.4 is 9.21 Å². The Morgan fingerprint density at radius 2 is 1.77 bits per heavy atom. The molecule has 3 rings (SSSR count). The van der Waals surface area contributed by atoms with Crippen molar-refractivity contribution in [2.75, 3.05) is 61.4 Å². The number of nitrogens with zero attached hydrogens (tertiary/aromatic N) is 3. The topological polar surface area (TPSA) is 70.2 Å². The Labute approximate surface area is 155 Å². The predicted molar refractivity (Wildman–Crippen MR) is 102 cm³/mol. The normalized spacial score (nSPS) is 18.2. The van der Waals surface area contributed by atoms with Crippen LogP contribution in [0.4, 0.5) is 11.4 Å². The van der Waals surface area contributed by atoms with Crippen LogP contribution in [0.25, 0.3) is 0 Å². The molecule has 0 radical (unpaired) electrons. The zero-order chi connectivity index (χ0) is 18.6. The number of carbonyl (C=O) groups excluding carboxylic acids is 1. The van der Waals surface area contributed by atoms with E-state index in [0.29, 0.717) is 18.9 Å². The van der Waals surface area contributed by atoms with Crippen LogP contribution in [0.3, 0.4) is 0 Å². The maximum atomic E-state index is 12.5. The van der Waals surface area contributed by atoms with Gasteiger partial charge in [-0.2, -0.15) is 0 Å². The number of amides is 1. The van der Waals surface area contributed by atoms with E-state index in [2.05, 4.69) is 4.90 Å². The van der Waals surface area contributed by atoms with Crippen LogP contribution in [0.15, 0.2) is 24.3 Å². The maximum Gasteiger partial charge on any atom is 0.232 e. The van der Waals surface area contributed by atoms with Crippen LogP contribution in [-0.2, 0) is 19.6 Å². The minimum atomic E-state index is -3.49. The molecule has 0 saturated carbocycles. The lowest BCUT2D eigenvalue weighted by Crippen LogP contribution is -2.39. The van der Waals surface area contributed by atoms with Crippen molar-refractivity contribution in [3.63, 3.8) is 0 Å². The summed E-state index contributed by atoms with van der Waals surface area (Å²) in [6, 6.07) is 7.48. The van der Waals surface area contributed by atoms with Crippen molar-refractivity contribution >= 4 is 27.3 Å². The highest BCUT2D eigenvalue weighted by molar-refractivity contribution is 7.92. The molecule has 2 fully saturated rings. The lowest BCUT2D eigenvalue weighted by atomic mass is 10.2. The fourth-order valence-corrected chi connectivity index (χ4v) is 4.47. The second kappa shape index (κ2) is 8.26. The zero-order valence-electron chi connectivity index (χ0n) is 15.3. The van der Waals surface area contributed by atoms with Crippen molar-refractivity contribution in [3.05, 3.63) is 24.3 Å². The van der Waals surface area contributed by atoms with E-state index in [4.69, 9.17) is 4.74 Å². The molecule has 0 aliphatic carbocycles. The molecule has 144 valence electrons. The van der Waals surface area contributed by atoms with Crippen LogP contribution in [0, 0.1) is 0 Å². The molecular weight excluding hydrogens is 354 g/mol. The molecule has 0 N–H and O–H groups in total. The van der Waals surface area contributed by atoms with Gasteiger partial charge in [-0.05, 0) is 25.0 Å². The summed E-state index contributed by atoms with van der Waals surface area (Å²) in [5, 5.41) is 0. The van der Waals surface area contributed by atoms with Crippen molar-refractivity contribution in [2.24, 2.45) is 0 Å². The number of para-hydroxylation sites is 2. The molecule has 7 nitrogen and oxygen atoms in total. The summed E-state index contributed by atoms with van der Waals surface area (Å²) in [6.45, 7) is 4.42. The summed E-state index contributed by atoms with van der Waals surface area (Å²) in [7, 11) is -3.49.